The Kier molecular flexibility index (Phi) is 0.664. The highest BCUT2D eigenvalue weighted by atomic mass is 16.6. The lowest BCUT2D eigenvalue weighted by molar-refractivity contribution is 0.379. The summed E-state index contributed by atoms with van der Waals surface area (Å²) in [6.45, 7) is 2.24. The van der Waals surface area contributed by atoms with Crippen LogP contribution in [0.25, 0.3) is 0 Å². The van der Waals surface area contributed by atoms with E-state index in [1.807, 2.05) is 0 Å². The molecule has 7 heavy (non-hydrogen) atoms. The molecule has 2 heterocycles. The second-order valence-electron chi connectivity index (χ2n) is 2.21. The second-order valence-corrected chi connectivity index (χ2v) is 2.21. The molecule has 1 N–H and O–H groups in total. The molecule has 0 aliphatic carbocycles. The minimum absolute atomic E-state index is 0.591. The Balaban J connectivity index is 1.95. The third kappa shape index (κ3) is 0.545. The van der Waals surface area contributed by atoms with Crippen LogP contribution >= 0.6 is 0 Å². The van der Waals surface area contributed by atoms with Crippen molar-refractivity contribution in [2.24, 2.45) is 0 Å². The molecule has 2 rings (SSSR count). The molecule has 0 aromatic rings. The number of hydrogen-bond acceptors (Lipinski definition) is 2. The van der Waals surface area contributed by atoms with Gasteiger partial charge in [0, 0.05) is 6.54 Å². The zero-order valence-electron chi connectivity index (χ0n) is 4.18. The normalized spacial score (nSPS) is 48.0. The van der Waals surface area contributed by atoms with E-state index < -0.39 is 0 Å². The first-order valence-electron chi connectivity index (χ1n) is 2.83. The number of epoxide rings is 1. The molecular weight excluding hydrogens is 90.1 g/mol. The standard InChI is InChI=1S/C5H9NO/c1-2-6-3-5-4(1)7-5/h4-6H,1-3H2/t4-,5?/m1/s1. The van der Waals surface area contributed by atoms with Crippen LogP contribution in [0.5, 0.6) is 0 Å². The summed E-state index contributed by atoms with van der Waals surface area (Å²) in [5.74, 6) is 0. The Labute approximate surface area is 42.9 Å². The summed E-state index contributed by atoms with van der Waals surface area (Å²) in [4.78, 5) is 0. The van der Waals surface area contributed by atoms with Crippen molar-refractivity contribution < 1.29 is 4.74 Å². The van der Waals surface area contributed by atoms with Crippen molar-refractivity contribution in [1.82, 2.24) is 5.32 Å². The zero-order chi connectivity index (χ0) is 4.69. The van der Waals surface area contributed by atoms with Crippen LogP contribution in [-0.4, -0.2) is 25.3 Å². The molecule has 1 unspecified atom stereocenters. The average Bonchev–Trinajstić information content (AvgIpc) is 2.41. The van der Waals surface area contributed by atoms with E-state index in [1.165, 1.54) is 6.42 Å². The predicted molar refractivity (Wildman–Crippen MR) is 26.1 cm³/mol. The van der Waals surface area contributed by atoms with Crippen LogP contribution in [0.3, 0.4) is 0 Å². The monoisotopic (exact) mass is 99.1 g/mol. The van der Waals surface area contributed by atoms with Crippen LogP contribution in [0.2, 0.25) is 0 Å². The molecule has 2 nitrogen and oxygen atoms in total. The Bertz CT molecular complexity index is 74.1. The van der Waals surface area contributed by atoms with E-state index in [0.717, 1.165) is 13.1 Å². The van der Waals surface area contributed by atoms with Crippen molar-refractivity contribution in [2.75, 3.05) is 13.1 Å². The van der Waals surface area contributed by atoms with Crippen LogP contribution in [0, 0.1) is 0 Å². The maximum atomic E-state index is 5.22. The first-order valence-corrected chi connectivity index (χ1v) is 2.83. The van der Waals surface area contributed by atoms with Gasteiger partial charge in [-0.05, 0) is 13.0 Å². The molecule has 2 aliphatic heterocycles. The summed E-state index contributed by atoms with van der Waals surface area (Å²) < 4.78 is 5.22. The van der Waals surface area contributed by atoms with E-state index >= 15 is 0 Å². The Morgan fingerprint density at radius 2 is 2.43 bits per heavy atom. The van der Waals surface area contributed by atoms with Crippen molar-refractivity contribution in [3.05, 3.63) is 0 Å². The molecule has 0 saturated carbocycles. The topological polar surface area (TPSA) is 24.6 Å². The van der Waals surface area contributed by atoms with E-state index in [4.69, 9.17) is 4.74 Å². The van der Waals surface area contributed by atoms with Gasteiger partial charge in [-0.1, -0.05) is 0 Å². The number of rotatable bonds is 0. The Hall–Kier alpha value is -0.0800. The number of piperidine rings is 1. The van der Waals surface area contributed by atoms with Crippen molar-refractivity contribution in [2.45, 2.75) is 18.6 Å². The smallest absolute Gasteiger partial charge is 0.0966 e. The summed E-state index contributed by atoms with van der Waals surface area (Å²) in [6, 6.07) is 0. The summed E-state index contributed by atoms with van der Waals surface area (Å²) in [7, 11) is 0. The zero-order valence-corrected chi connectivity index (χ0v) is 4.18. The van der Waals surface area contributed by atoms with Crippen LogP contribution in [-0.2, 0) is 4.74 Å². The highest BCUT2D eigenvalue weighted by molar-refractivity contribution is 4.90. The summed E-state index contributed by atoms with van der Waals surface area (Å²) in [5.41, 5.74) is 0. The SMILES string of the molecule is C1C[C@H]2OC2CN1. The second kappa shape index (κ2) is 1.20. The van der Waals surface area contributed by atoms with Gasteiger partial charge in [0.2, 0.25) is 0 Å². The number of nitrogens with one attached hydrogen (secondary N) is 1. The number of hydrogen-bond donors (Lipinski definition) is 1. The van der Waals surface area contributed by atoms with Gasteiger partial charge in [-0.25, -0.2) is 0 Å². The largest absolute Gasteiger partial charge is 0.368 e. The lowest BCUT2D eigenvalue weighted by Gasteiger charge is -2.03. The molecule has 0 aromatic carbocycles. The van der Waals surface area contributed by atoms with E-state index in [2.05, 4.69) is 5.32 Å². The number of ether oxygens (including phenoxy) is 1. The van der Waals surface area contributed by atoms with E-state index in [1.54, 1.807) is 0 Å². The molecule has 0 amide bonds. The molecule has 2 aliphatic rings. The van der Waals surface area contributed by atoms with Crippen LogP contribution in [0.1, 0.15) is 6.42 Å². The summed E-state index contributed by atoms with van der Waals surface area (Å²) in [5, 5.41) is 3.25. The van der Waals surface area contributed by atoms with Gasteiger partial charge in [0.25, 0.3) is 0 Å². The minimum atomic E-state index is 0.591. The van der Waals surface area contributed by atoms with Crippen molar-refractivity contribution in [3.63, 3.8) is 0 Å². The predicted octanol–water partition coefficient (Wildman–Crippen LogP) is -0.253. The molecular formula is C5H9NO. The lowest BCUT2D eigenvalue weighted by atomic mass is 10.2. The number of fused-ring (bicyclic) bond motifs is 1. The van der Waals surface area contributed by atoms with Gasteiger partial charge in [-0.3, -0.25) is 0 Å². The van der Waals surface area contributed by atoms with Crippen LogP contribution in [0.4, 0.5) is 0 Å². The van der Waals surface area contributed by atoms with Gasteiger partial charge in [0.05, 0.1) is 12.2 Å². The fraction of sp³-hybridized carbons (Fsp3) is 1.00. The molecule has 2 heteroatoms. The molecule has 40 valence electrons. The highest BCUT2D eigenvalue weighted by Crippen LogP contribution is 2.26. The van der Waals surface area contributed by atoms with Crippen molar-refractivity contribution >= 4 is 0 Å². The van der Waals surface area contributed by atoms with Crippen LogP contribution < -0.4 is 5.32 Å². The van der Waals surface area contributed by atoms with E-state index in [0.29, 0.717) is 12.2 Å². The van der Waals surface area contributed by atoms with E-state index in [-0.39, 0.29) is 0 Å². The Morgan fingerprint density at radius 3 is 3.00 bits per heavy atom. The van der Waals surface area contributed by atoms with Gasteiger partial charge < -0.3 is 10.1 Å². The third-order valence-electron chi connectivity index (χ3n) is 1.64. The molecule has 0 aromatic heterocycles. The molecule has 2 fully saturated rings. The summed E-state index contributed by atoms with van der Waals surface area (Å²) >= 11 is 0. The third-order valence-corrected chi connectivity index (χ3v) is 1.64. The fourth-order valence-electron chi connectivity index (χ4n) is 1.10. The van der Waals surface area contributed by atoms with Crippen LogP contribution in [0.15, 0.2) is 0 Å². The van der Waals surface area contributed by atoms with Gasteiger partial charge in [0.15, 0.2) is 0 Å². The average molecular weight is 99.1 g/mol. The molecule has 2 atom stereocenters. The van der Waals surface area contributed by atoms with Crippen molar-refractivity contribution in [3.8, 4) is 0 Å². The molecule has 0 bridgehead atoms. The first-order chi connectivity index (χ1) is 3.47. The van der Waals surface area contributed by atoms with Crippen molar-refractivity contribution in [1.29, 1.82) is 0 Å². The molecule has 0 radical (unpaired) electrons. The molecule has 0 spiro atoms. The highest BCUT2D eigenvalue weighted by Gasteiger charge is 2.39. The quantitative estimate of drug-likeness (QED) is 0.423. The summed E-state index contributed by atoms with van der Waals surface area (Å²) in [6.07, 6.45) is 2.46. The van der Waals surface area contributed by atoms with Gasteiger partial charge in [0.1, 0.15) is 0 Å². The maximum absolute atomic E-state index is 5.22. The van der Waals surface area contributed by atoms with Gasteiger partial charge in [-0.2, -0.15) is 0 Å². The fourth-order valence-corrected chi connectivity index (χ4v) is 1.10. The maximum Gasteiger partial charge on any atom is 0.0966 e. The Morgan fingerprint density at radius 1 is 1.43 bits per heavy atom. The lowest BCUT2D eigenvalue weighted by Crippen LogP contribution is -2.28. The minimum Gasteiger partial charge on any atom is -0.368 e. The van der Waals surface area contributed by atoms with Gasteiger partial charge in [-0.15, -0.1) is 0 Å². The first kappa shape index (κ1) is 3.87. The van der Waals surface area contributed by atoms with E-state index in [9.17, 15) is 0 Å². The van der Waals surface area contributed by atoms with Gasteiger partial charge >= 0.3 is 0 Å². The molecule has 2 saturated heterocycles.